The number of aromatic nitrogens is 2. The molecule has 2 nitrogen and oxygen atoms in total. The predicted molar refractivity (Wildman–Crippen MR) is 221 cm³/mol. The van der Waals surface area contributed by atoms with E-state index in [1.807, 2.05) is 11.3 Å². The Hall–Kier alpha value is -6.42. The van der Waals surface area contributed by atoms with E-state index < -0.39 is 0 Å². The van der Waals surface area contributed by atoms with E-state index in [-0.39, 0.29) is 5.92 Å². The Bertz CT molecular complexity index is 3160. The Labute approximate surface area is 304 Å². The van der Waals surface area contributed by atoms with E-state index in [0.29, 0.717) is 0 Å². The quantitative estimate of drug-likeness (QED) is 0.176. The van der Waals surface area contributed by atoms with Crippen LogP contribution in [0.2, 0.25) is 0 Å². The summed E-state index contributed by atoms with van der Waals surface area (Å²) in [6.45, 7) is 0. The summed E-state index contributed by atoms with van der Waals surface area (Å²) in [5.74, 6) is 0.228. The van der Waals surface area contributed by atoms with Gasteiger partial charge in [-0.15, -0.1) is 11.3 Å². The summed E-state index contributed by atoms with van der Waals surface area (Å²) >= 11 is 1.91. The van der Waals surface area contributed by atoms with Crippen LogP contribution >= 0.6 is 11.3 Å². The molecular formula is C49H30N2S. The number of thiophene rings is 1. The molecule has 0 fully saturated rings. The predicted octanol–water partition coefficient (Wildman–Crippen LogP) is 13.4. The maximum atomic E-state index is 2.50. The zero-order chi connectivity index (χ0) is 33.9. The first-order chi connectivity index (χ1) is 25.8. The first-order valence-electron chi connectivity index (χ1n) is 18.0. The second-order valence-electron chi connectivity index (χ2n) is 14.0. The molecule has 3 heterocycles. The van der Waals surface area contributed by atoms with Crippen molar-refractivity contribution in [1.82, 2.24) is 9.13 Å². The van der Waals surface area contributed by atoms with E-state index in [9.17, 15) is 0 Å². The first kappa shape index (κ1) is 28.3. The molecule has 1 aliphatic carbocycles. The molecule has 0 amide bonds. The minimum Gasteiger partial charge on any atom is -0.309 e. The highest BCUT2D eigenvalue weighted by Gasteiger charge is 2.30. The Morgan fingerprint density at radius 1 is 0.385 bits per heavy atom. The summed E-state index contributed by atoms with van der Waals surface area (Å²) in [7, 11) is 0. The van der Waals surface area contributed by atoms with Crippen LogP contribution in [-0.4, -0.2) is 9.13 Å². The summed E-state index contributed by atoms with van der Waals surface area (Å²) in [6.07, 6.45) is 0. The molecule has 0 saturated heterocycles. The van der Waals surface area contributed by atoms with Crippen LogP contribution < -0.4 is 0 Å². The second-order valence-corrected chi connectivity index (χ2v) is 15.1. The van der Waals surface area contributed by atoms with Crippen molar-refractivity contribution in [1.29, 1.82) is 0 Å². The fourth-order valence-corrected chi connectivity index (χ4v) is 10.4. The molecular weight excluding hydrogens is 649 g/mol. The Morgan fingerprint density at radius 3 is 1.62 bits per heavy atom. The summed E-state index contributed by atoms with van der Waals surface area (Å²) in [5, 5.41) is 7.72. The lowest BCUT2D eigenvalue weighted by Gasteiger charge is -2.14. The van der Waals surface area contributed by atoms with Crippen molar-refractivity contribution in [2.45, 2.75) is 5.92 Å². The van der Waals surface area contributed by atoms with Gasteiger partial charge in [-0.25, -0.2) is 0 Å². The third-order valence-electron chi connectivity index (χ3n) is 11.4. The largest absolute Gasteiger partial charge is 0.309 e. The minimum absolute atomic E-state index is 0.228. The minimum atomic E-state index is 0.228. The lowest BCUT2D eigenvalue weighted by atomic mass is 9.88. The molecule has 11 aromatic rings. The van der Waals surface area contributed by atoms with E-state index in [0.717, 1.165) is 0 Å². The molecule has 0 bridgehead atoms. The van der Waals surface area contributed by atoms with E-state index in [1.54, 1.807) is 0 Å². The molecule has 3 heteroatoms. The molecule has 0 aliphatic heterocycles. The smallest absolute Gasteiger partial charge is 0.0640 e. The molecule has 12 rings (SSSR count). The highest BCUT2D eigenvalue weighted by atomic mass is 32.1. The SMILES string of the molecule is c1ccc2c(c1)-c1ccccc1C2c1ccc2sc3c(-n4c5ccccc5c5ccc(-n6c7ccccc7c7ccccc76)cc54)cccc3c2c1. The summed E-state index contributed by atoms with van der Waals surface area (Å²) in [4.78, 5) is 0. The molecule has 0 radical (unpaired) electrons. The number of fused-ring (bicyclic) bond motifs is 12. The number of benzene rings is 8. The Kier molecular flexibility index (Phi) is 5.74. The fourth-order valence-electron chi connectivity index (χ4n) is 9.23. The van der Waals surface area contributed by atoms with E-state index in [4.69, 9.17) is 0 Å². The maximum absolute atomic E-state index is 2.50. The van der Waals surface area contributed by atoms with Crippen LogP contribution in [0.5, 0.6) is 0 Å². The van der Waals surface area contributed by atoms with Gasteiger partial charge in [0.25, 0.3) is 0 Å². The zero-order valence-electron chi connectivity index (χ0n) is 28.1. The van der Waals surface area contributed by atoms with Crippen molar-refractivity contribution in [3.8, 4) is 22.5 Å². The van der Waals surface area contributed by atoms with Crippen LogP contribution in [0.25, 0.3) is 86.3 Å². The van der Waals surface area contributed by atoms with Gasteiger partial charge in [0.15, 0.2) is 0 Å². The van der Waals surface area contributed by atoms with Gasteiger partial charge in [-0.3, -0.25) is 0 Å². The third kappa shape index (κ3) is 3.78. The van der Waals surface area contributed by atoms with Gasteiger partial charge in [-0.05, 0) is 76.3 Å². The summed E-state index contributed by atoms with van der Waals surface area (Å²) < 4.78 is 7.56. The van der Waals surface area contributed by atoms with E-state index in [2.05, 4.69) is 185 Å². The maximum Gasteiger partial charge on any atom is 0.0640 e. The number of hydrogen-bond acceptors (Lipinski definition) is 1. The molecule has 242 valence electrons. The van der Waals surface area contributed by atoms with Crippen LogP contribution in [0.4, 0.5) is 0 Å². The lowest BCUT2D eigenvalue weighted by molar-refractivity contribution is 1.02. The molecule has 0 N–H and O–H groups in total. The first-order valence-corrected chi connectivity index (χ1v) is 18.8. The van der Waals surface area contributed by atoms with Crippen LogP contribution in [-0.2, 0) is 0 Å². The molecule has 8 aromatic carbocycles. The van der Waals surface area contributed by atoms with Gasteiger partial charge in [0, 0.05) is 48.6 Å². The number of rotatable bonds is 3. The van der Waals surface area contributed by atoms with Crippen molar-refractivity contribution in [2.75, 3.05) is 0 Å². The molecule has 0 spiro atoms. The van der Waals surface area contributed by atoms with Crippen molar-refractivity contribution in [3.63, 3.8) is 0 Å². The standard InChI is InChI=1S/C49H30N2S/c1-3-17-38-32(12-1)33-13-2-4-18-39(33)48(38)30-24-27-47-41(28-30)40-19-11-23-45(49(40)52-47)51-44-22-10-7-16-36(44)37-26-25-31(29-46(37)51)50-42-20-8-5-14-34(42)35-15-6-9-21-43(35)50/h1-29,48H. The fraction of sp³-hybridized carbons (Fsp3) is 0.0204. The van der Waals surface area contributed by atoms with Gasteiger partial charge in [0.1, 0.15) is 0 Å². The van der Waals surface area contributed by atoms with Gasteiger partial charge in [-0.2, -0.15) is 0 Å². The van der Waals surface area contributed by atoms with E-state index in [1.165, 1.54) is 103 Å². The molecule has 0 atom stereocenters. The topological polar surface area (TPSA) is 9.86 Å². The number of para-hydroxylation sites is 3. The van der Waals surface area contributed by atoms with Crippen LogP contribution in [0.15, 0.2) is 176 Å². The summed E-state index contributed by atoms with van der Waals surface area (Å²) in [6, 6.07) is 65.3. The van der Waals surface area contributed by atoms with Crippen LogP contribution in [0.3, 0.4) is 0 Å². The van der Waals surface area contributed by atoms with Gasteiger partial charge in [-0.1, -0.05) is 127 Å². The van der Waals surface area contributed by atoms with Gasteiger partial charge >= 0.3 is 0 Å². The zero-order valence-corrected chi connectivity index (χ0v) is 28.9. The normalized spacial score (nSPS) is 12.9. The highest BCUT2D eigenvalue weighted by molar-refractivity contribution is 7.26. The molecule has 52 heavy (non-hydrogen) atoms. The van der Waals surface area contributed by atoms with Gasteiger partial charge in [0.05, 0.1) is 32.5 Å². The second kappa shape index (κ2) is 10.6. The summed E-state index contributed by atoms with van der Waals surface area (Å²) in [5.41, 5.74) is 14.1. The average molecular weight is 679 g/mol. The Morgan fingerprint density at radius 2 is 0.942 bits per heavy atom. The average Bonchev–Trinajstić information content (AvgIpc) is 3.94. The third-order valence-corrected chi connectivity index (χ3v) is 12.6. The molecule has 0 saturated carbocycles. The lowest BCUT2D eigenvalue weighted by Crippen LogP contribution is -1.98. The molecule has 1 aliphatic rings. The van der Waals surface area contributed by atoms with Crippen molar-refractivity contribution >= 4 is 75.1 Å². The number of hydrogen-bond donors (Lipinski definition) is 0. The Balaban J connectivity index is 1.09. The molecule has 3 aromatic heterocycles. The van der Waals surface area contributed by atoms with Crippen molar-refractivity contribution < 1.29 is 0 Å². The monoisotopic (exact) mass is 678 g/mol. The highest BCUT2D eigenvalue weighted by Crippen LogP contribution is 2.49. The van der Waals surface area contributed by atoms with Crippen LogP contribution in [0, 0.1) is 0 Å². The van der Waals surface area contributed by atoms with Gasteiger partial charge in [0.2, 0.25) is 0 Å². The number of nitrogens with zero attached hydrogens (tertiary/aromatic N) is 2. The van der Waals surface area contributed by atoms with Crippen LogP contribution in [0.1, 0.15) is 22.6 Å². The molecule has 0 unspecified atom stereocenters. The van der Waals surface area contributed by atoms with Gasteiger partial charge < -0.3 is 9.13 Å². The van der Waals surface area contributed by atoms with Crippen molar-refractivity contribution in [3.05, 3.63) is 193 Å². The van der Waals surface area contributed by atoms with E-state index >= 15 is 0 Å². The van der Waals surface area contributed by atoms with Crippen molar-refractivity contribution in [2.24, 2.45) is 0 Å².